The van der Waals surface area contributed by atoms with Gasteiger partial charge >= 0.3 is 0 Å². The Morgan fingerprint density at radius 3 is 2.95 bits per heavy atom. The molecule has 1 aromatic rings. The van der Waals surface area contributed by atoms with Crippen molar-refractivity contribution in [2.24, 2.45) is 0 Å². The Balaban J connectivity index is 1.85. The van der Waals surface area contributed by atoms with E-state index < -0.39 is 0 Å². The van der Waals surface area contributed by atoms with E-state index in [4.69, 9.17) is 18.9 Å². The lowest BCUT2D eigenvalue weighted by Crippen LogP contribution is -2.39. The highest BCUT2D eigenvalue weighted by molar-refractivity contribution is 5.96. The standard InChI is InChI=1S/C16H23NO5/c1-2-19-7-10-22-15-6-4-3-5-14(15)16(18)17-11-13-12-20-8-9-21-13/h3-6,13H,2,7-12H2,1H3,(H,17,18)/t13-/m0/s1. The van der Waals surface area contributed by atoms with Gasteiger partial charge in [-0.1, -0.05) is 12.1 Å². The van der Waals surface area contributed by atoms with Crippen LogP contribution in [-0.2, 0) is 14.2 Å². The van der Waals surface area contributed by atoms with Gasteiger partial charge in [0.2, 0.25) is 0 Å². The molecule has 0 spiro atoms. The second kappa shape index (κ2) is 9.40. The summed E-state index contributed by atoms with van der Waals surface area (Å²) in [6.07, 6.45) is -0.0938. The fourth-order valence-corrected chi connectivity index (χ4v) is 2.09. The van der Waals surface area contributed by atoms with Gasteiger partial charge in [-0.25, -0.2) is 0 Å². The van der Waals surface area contributed by atoms with E-state index in [1.807, 2.05) is 19.1 Å². The van der Waals surface area contributed by atoms with Crippen molar-refractivity contribution in [3.8, 4) is 5.75 Å². The minimum Gasteiger partial charge on any atom is -0.490 e. The minimum atomic E-state index is -0.179. The lowest BCUT2D eigenvalue weighted by Gasteiger charge is -2.23. The zero-order chi connectivity index (χ0) is 15.6. The van der Waals surface area contributed by atoms with Crippen LogP contribution in [0.3, 0.4) is 0 Å². The number of benzene rings is 1. The van der Waals surface area contributed by atoms with Crippen molar-refractivity contribution in [1.29, 1.82) is 0 Å². The molecule has 1 heterocycles. The smallest absolute Gasteiger partial charge is 0.255 e. The molecule has 22 heavy (non-hydrogen) atoms. The molecule has 1 saturated heterocycles. The minimum absolute atomic E-state index is 0.0938. The van der Waals surface area contributed by atoms with Crippen molar-refractivity contribution in [1.82, 2.24) is 5.32 Å². The molecule has 6 nitrogen and oxygen atoms in total. The van der Waals surface area contributed by atoms with Crippen LogP contribution < -0.4 is 10.1 Å². The number of amides is 1. The Bertz CT molecular complexity index is 460. The Morgan fingerprint density at radius 2 is 2.18 bits per heavy atom. The molecule has 1 fully saturated rings. The maximum atomic E-state index is 12.3. The zero-order valence-corrected chi connectivity index (χ0v) is 12.9. The molecule has 1 atom stereocenters. The predicted molar refractivity (Wildman–Crippen MR) is 81.3 cm³/mol. The van der Waals surface area contributed by atoms with Crippen molar-refractivity contribution in [2.75, 3.05) is 46.2 Å². The van der Waals surface area contributed by atoms with Crippen LogP contribution in [0.25, 0.3) is 0 Å². The SMILES string of the molecule is CCOCCOc1ccccc1C(=O)NC[C@H]1COCCO1. The lowest BCUT2D eigenvalue weighted by atomic mass is 10.2. The third-order valence-electron chi connectivity index (χ3n) is 3.20. The normalized spacial score (nSPS) is 18.0. The van der Waals surface area contributed by atoms with Crippen LogP contribution in [0.15, 0.2) is 24.3 Å². The highest BCUT2D eigenvalue weighted by atomic mass is 16.6. The molecule has 0 radical (unpaired) electrons. The van der Waals surface area contributed by atoms with Crippen LogP contribution in [0.5, 0.6) is 5.75 Å². The van der Waals surface area contributed by atoms with E-state index in [0.717, 1.165) is 0 Å². The van der Waals surface area contributed by atoms with Crippen molar-refractivity contribution in [3.05, 3.63) is 29.8 Å². The number of carbonyl (C=O) groups is 1. The van der Waals surface area contributed by atoms with E-state index in [0.29, 0.717) is 57.5 Å². The first-order chi connectivity index (χ1) is 10.8. The number of para-hydroxylation sites is 1. The summed E-state index contributed by atoms with van der Waals surface area (Å²) in [4.78, 5) is 12.3. The van der Waals surface area contributed by atoms with E-state index in [-0.39, 0.29) is 12.0 Å². The van der Waals surface area contributed by atoms with Gasteiger partial charge in [0.05, 0.1) is 38.1 Å². The maximum Gasteiger partial charge on any atom is 0.255 e. The Hall–Kier alpha value is -1.63. The summed E-state index contributed by atoms with van der Waals surface area (Å²) in [7, 11) is 0. The molecular weight excluding hydrogens is 286 g/mol. The summed E-state index contributed by atoms with van der Waals surface area (Å²) in [6, 6.07) is 7.17. The first-order valence-corrected chi connectivity index (χ1v) is 7.58. The zero-order valence-electron chi connectivity index (χ0n) is 12.9. The lowest BCUT2D eigenvalue weighted by molar-refractivity contribution is -0.0855. The van der Waals surface area contributed by atoms with E-state index in [9.17, 15) is 4.79 Å². The monoisotopic (exact) mass is 309 g/mol. The number of ether oxygens (including phenoxy) is 4. The maximum absolute atomic E-state index is 12.3. The van der Waals surface area contributed by atoms with Crippen molar-refractivity contribution >= 4 is 5.91 Å². The van der Waals surface area contributed by atoms with E-state index in [2.05, 4.69) is 5.32 Å². The van der Waals surface area contributed by atoms with E-state index in [1.165, 1.54) is 0 Å². The molecule has 0 aromatic heterocycles. The average molecular weight is 309 g/mol. The molecule has 6 heteroatoms. The topological polar surface area (TPSA) is 66.0 Å². The average Bonchev–Trinajstić information content (AvgIpc) is 2.58. The first kappa shape index (κ1) is 16.7. The Morgan fingerprint density at radius 1 is 1.32 bits per heavy atom. The van der Waals surface area contributed by atoms with Crippen molar-refractivity contribution in [2.45, 2.75) is 13.0 Å². The summed E-state index contributed by atoms with van der Waals surface area (Å²) in [5, 5.41) is 2.86. The molecular formula is C16H23NO5. The van der Waals surface area contributed by atoms with Crippen LogP contribution >= 0.6 is 0 Å². The quantitative estimate of drug-likeness (QED) is 0.732. The van der Waals surface area contributed by atoms with Crippen LogP contribution in [0.4, 0.5) is 0 Å². The van der Waals surface area contributed by atoms with Crippen LogP contribution in [-0.4, -0.2) is 58.2 Å². The third kappa shape index (κ3) is 5.29. The summed E-state index contributed by atoms with van der Waals surface area (Å²) in [6.45, 7) is 5.60. The fourth-order valence-electron chi connectivity index (χ4n) is 2.09. The highest BCUT2D eigenvalue weighted by Gasteiger charge is 2.17. The van der Waals surface area contributed by atoms with Crippen LogP contribution in [0.1, 0.15) is 17.3 Å². The van der Waals surface area contributed by atoms with Crippen LogP contribution in [0.2, 0.25) is 0 Å². The van der Waals surface area contributed by atoms with Crippen LogP contribution in [0, 0.1) is 0 Å². The number of hydrogen-bond donors (Lipinski definition) is 1. The van der Waals surface area contributed by atoms with Gasteiger partial charge in [-0.05, 0) is 19.1 Å². The molecule has 2 rings (SSSR count). The van der Waals surface area contributed by atoms with Gasteiger partial charge in [0, 0.05) is 13.2 Å². The Labute approximate surface area is 130 Å². The summed E-state index contributed by atoms with van der Waals surface area (Å²) in [5.74, 6) is 0.377. The molecule has 122 valence electrons. The van der Waals surface area contributed by atoms with Gasteiger partial charge < -0.3 is 24.3 Å². The molecule has 0 saturated carbocycles. The van der Waals surface area contributed by atoms with Gasteiger partial charge in [0.1, 0.15) is 12.4 Å². The number of rotatable bonds is 8. The largest absolute Gasteiger partial charge is 0.490 e. The number of hydrogen-bond acceptors (Lipinski definition) is 5. The number of carbonyl (C=O) groups excluding carboxylic acids is 1. The van der Waals surface area contributed by atoms with Gasteiger partial charge in [0.15, 0.2) is 0 Å². The predicted octanol–water partition coefficient (Wildman–Crippen LogP) is 1.25. The number of nitrogens with one attached hydrogen (secondary N) is 1. The third-order valence-corrected chi connectivity index (χ3v) is 3.20. The molecule has 1 aromatic carbocycles. The molecule has 0 bridgehead atoms. The first-order valence-electron chi connectivity index (χ1n) is 7.58. The molecule has 0 aliphatic carbocycles. The fraction of sp³-hybridized carbons (Fsp3) is 0.562. The molecule has 1 aliphatic rings. The van der Waals surface area contributed by atoms with Crippen molar-refractivity contribution < 1.29 is 23.7 Å². The van der Waals surface area contributed by atoms with Crippen molar-refractivity contribution in [3.63, 3.8) is 0 Å². The molecule has 1 aliphatic heterocycles. The highest BCUT2D eigenvalue weighted by Crippen LogP contribution is 2.17. The van der Waals surface area contributed by atoms with Gasteiger partial charge in [-0.2, -0.15) is 0 Å². The van der Waals surface area contributed by atoms with Gasteiger partial charge in [-0.3, -0.25) is 4.79 Å². The second-order valence-corrected chi connectivity index (χ2v) is 4.82. The Kier molecular flexibility index (Phi) is 7.15. The summed E-state index contributed by atoms with van der Waals surface area (Å²) < 4.78 is 21.6. The molecule has 1 amide bonds. The summed E-state index contributed by atoms with van der Waals surface area (Å²) >= 11 is 0. The second-order valence-electron chi connectivity index (χ2n) is 4.82. The summed E-state index contributed by atoms with van der Waals surface area (Å²) in [5.41, 5.74) is 0.510. The van der Waals surface area contributed by atoms with Gasteiger partial charge in [-0.15, -0.1) is 0 Å². The van der Waals surface area contributed by atoms with Gasteiger partial charge in [0.25, 0.3) is 5.91 Å². The molecule has 0 unspecified atom stereocenters. The van der Waals surface area contributed by atoms with E-state index >= 15 is 0 Å². The molecule has 1 N–H and O–H groups in total. The van der Waals surface area contributed by atoms with E-state index in [1.54, 1.807) is 12.1 Å².